The quantitative estimate of drug-likeness (QED) is 0.206. The van der Waals surface area contributed by atoms with Crippen LogP contribution in [0.4, 0.5) is 5.69 Å². The third-order valence-electron chi connectivity index (χ3n) is 9.13. The third-order valence-corrected chi connectivity index (χ3v) is 10.1. The summed E-state index contributed by atoms with van der Waals surface area (Å²) >= 11 is 0. The lowest BCUT2D eigenvalue weighted by molar-refractivity contribution is -0.994. The van der Waals surface area contributed by atoms with Crippen molar-refractivity contribution in [2.75, 3.05) is 25.5 Å². The Morgan fingerprint density at radius 1 is 1.07 bits per heavy atom. The SMILES string of the molecule is C=C1C[N+]2(CCCCCCCCCCC(=O)Nc3ccc(S(N)(=O)=O)cc3)Cc3n(cc[n+]3C)C2(C)CC=CN1C. The summed E-state index contributed by atoms with van der Waals surface area (Å²) in [5, 5.41) is 7.93. The fraction of sp³-hybridized carbons (Fsp3) is 0.548. The lowest BCUT2D eigenvalue weighted by Gasteiger charge is -2.46. The van der Waals surface area contributed by atoms with Gasteiger partial charge in [0.2, 0.25) is 21.6 Å². The van der Waals surface area contributed by atoms with Crippen LogP contribution >= 0.6 is 0 Å². The average Bonchev–Trinajstić information content (AvgIpc) is 3.38. The molecule has 2 aliphatic rings. The molecule has 41 heavy (non-hydrogen) atoms. The molecule has 10 heteroatoms. The second-order valence-electron chi connectivity index (χ2n) is 12.1. The number of hydrogen-bond donors (Lipinski definition) is 2. The molecule has 0 bridgehead atoms. The van der Waals surface area contributed by atoms with E-state index in [2.05, 4.69) is 71.6 Å². The van der Waals surface area contributed by atoms with Crippen LogP contribution < -0.4 is 15.0 Å². The minimum atomic E-state index is -3.73. The molecule has 1 aromatic heterocycles. The Labute approximate surface area is 246 Å². The highest BCUT2D eigenvalue weighted by Gasteiger charge is 2.60. The summed E-state index contributed by atoms with van der Waals surface area (Å²) in [6.45, 7) is 10.0. The van der Waals surface area contributed by atoms with Crippen molar-refractivity contribution in [3.05, 3.63) is 67.0 Å². The first-order valence-corrected chi connectivity index (χ1v) is 16.4. The van der Waals surface area contributed by atoms with Gasteiger partial charge >= 0.3 is 5.82 Å². The van der Waals surface area contributed by atoms with E-state index in [0.717, 1.165) is 49.8 Å². The molecule has 1 aromatic carbocycles. The molecule has 224 valence electrons. The number of likely N-dealkylation sites (N-methyl/N-ethyl adjacent to an activating group) is 1. The number of aryl methyl sites for hydroxylation is 1. The van der Waals surface area contributed by atoms with Crippen LogP contribution in [0.15, 0.2) is 66.1 Å². The fourth-order valence-corrected chi connectivity index (χ4v) is 6.95. The molecule has 0 saturated carbocycles. The van der Waals surface area contributed by atoms with Crippen LogP contribution in [0.2, 0.25) is 0 Å². The van der Waals surface area contributed by atoms with Crippen molar-refractivity contribution in [3.63, 3.8) is 0 Å². The van der Waals surface area contributed by atoms with Crippen LogP contribution in [0.5, 0.6) is 0 Å². The molecule has 0 radical (unpaired) electrons. The van der Waals surface area contributed by atoms with Gasteiger partial charge in [0.25, 0.3) is 0 Å². The van der Waals surface area contributed by atoms with Gasteiger partial charge in [0.1, 0.15) is 18.9 Å². The standard InChI is InChI=1S/C31H47N6O3S/c1-26-24-37(25-30-35(4)21-22-36(30)31(37,2)19-13-20-34(26)3)23-12-10-8-6-5-7-9-11-14-29(38)33-27-15-17-28(18-16-27)41(32,39)40/h13,15-18,20-22H,1,5-12,14,19,23-25H2,2-4H3,(H2-,32,33,38,39,40)/q+1/p+1. The third kappa shape index (κ3) is 7.10. The first-order valence-electron chi connectivity index (χ1n) is 14.9. The van der Waals surface area contributed by atoms with E-state index in [4.69, 9.17) is 5.14 Å². The van der Waals surface area contributed by atoms with E-state index in [1.165, 1.54) is 55.8 Å². The molecule has 0 fully saturated rings. The number of imidazole rings is 1. The minimum Gasteiger partial charge on any atom is -0.351 e. The molecule has 4 rings (SSSR count). The average molecular weight is 585 g/mol. The molecule has 2 atom stereocenters. The van der Waals surface area contributed by atoms with Crippen molar-refractivity contribution in [1.29, 1.82) is 0 Å². The van der Waals surface area contributed by atoms with Crippen molar-refractivity contribution < 1.29 is 22.3 Å². The van der Waals surface area contributed by atoms with Gasteiger partial charge in [0.05, 0.1) is 30.6 Å². The Hall–Kier alpha value is -2.95. The summed E-state index contributed by atoms with van der Waals surface area (Å²) in [7, 11) is 0.540. The summed E-state index contributed by atoms with van der Waals surface area (Å²) in [5.41, 5.74) is 1.75. The maximum atomic E-state index is 12.2. The number of amides is 1. The molecule has 0 spiro atoms. The Morgan fingerprint density at radius 3 is 2.37 bits per heavy atom. The van der Waals surface area contributed by atoms with Crippen molar-refractivity contribution in [3.8, 4) is 0 Å². The van der Waals surface area contributed by atoms with Gasteiger partial charge in [-0.2, -0.15) is 4.57 Å². The second kappa shape index (κ2) is 12.9. The number of unbranched alkanes of at least 4 members (excludes halogenated alkanes) is 7. The summed E-state index contributed by atoms with van der Waals surface area (Å²) in [5.74, 6) is 1.34. The van der Waals surface area contributed by atoms with Crippen LogP contribution in [0, 0.1) is 0 Å². The summed E-state index contributed by atoms with van der Waals surface area (Å²) in [6.07, 6.45) is 19.5. The van der Waals surface area contributed by atoms with Crippen LogP contribution in [-0.4, -0.2) is 48.4 Å². The first kappa shape index (κ1) is 31.0. The van der Waals surface area contributed by atoms with E-state index in [-0.39, 0.29) is 16.5 Å². The predicted octanol–water partition coefficient (Wildman–Crippen LogP) is 4.48. The van der Waals surface area contributed by atoms with E-state index >= 15 is 0 Å². The van der Waals surface area contributed by atoms with Gasteiger partial charge < -0.3 is 10.2 Å². The topological polar surface area (TPSA) is 101 Å². The molecule has 2 aromatic rings. The maximum absolute atomic E-state index is 12.2. The number of carbonyl (C=O) groups is 1. The number of sulfonamides is 1. The number of anilines is 1. The number of nitrogens with zero attached hydrogens (tertiary/aromatic N) is 4. The number of nitrogens with one attached hydrogen (secondary N) is 1. The molecule has 2 unspecified atom stereocenters. The number of primary sulfonamides is 1. The zero-order valence-electron chi connectivity index (χ0n) is 25.0. The number of quaternary nitrogens is 1. The van der Waals surface area contributed by atoms with Crippen LogP contribution in [0.1, 0.15) is 77.0 Å². The van der Waals surface area contributed by atoms with Crippen LogP contribution in [0.25, 0.3) is 0 Å². The van der Waals surface area contributed by atoms with Crippen LogP contribution in [-0.2, 0) is 34.1 Å². The van der Waals surface area contributed by atoms with E-state index < -0.39 is 10.0 Å². The highest BCUT2D eigenvalue weighted by Crippen LogP contribution is 2.44. The van der Waals surface area contributed by atoms with E-state index in [1.807, 2.05) is 0 Å². The van der Waals surface area contributed by atoms with E-state index in [1.54, 1.807) is 12.1 Å². The normalized spacial score (nSPS) is 22.2. The van der Waals surface area contributed by atoms with E-state index in [0.29, 0.717) is 12.1 Å². The number of carbonyl (C=O) groups excluding carboxylic acids is 1. The highest BCUT2D eigenvalue weighted by molar-refractivity contribution is 7.89. The van der Waals surface area contributed by atoms with Gasteiger partial charge in [0.15, 0.2) is 6.54 Å². The zero-order valence-corrected chi connectivity index (χ0v) is 25.8. The van der Waals surface area contributed by atoms with Gasteiger partial charge in [0, 0.05) is 26.1 Å². The molecule has 2 aliphatic heterocycles. The molecule has 0 saturated heterocycles. The number of nitrogens with two attached hydrogens (primary N) is 1. The summed E-state index contributed by atoms with van der Waals surface area (Å²) < 4.78 is 28.5. The zero-order chi connectivity index (χ0) is 29.7. The van der Waals surface area contributed by atoms with Gasteiger partial charge in [-0.05, 0) is 49.7 Å². The van der Waals surface area contributed by atoms with Gasteiger partial charge in [-0.3, -0.25) is 9.28 Å². The molecule has 9 nitrogen and oxygen atoms in total. The van der Waals surface area contributed by atoms with Crippen molar-refractivity contribution in [2.45, 2.75) is 88.2 Å². The lowest BCUT2D eigenvalue weighted by atomic mass is 9.99. The number of hydrogen-bond acceptors (Lipinski definition) is 4. The summed E-state index contributed by atoms with van der Waals surface area (Å²) in [6, 6.07) is 5.92. The number of rotatable bonds is 13. The fourth-order valence-electron chi connectivity index (χ4n) is 6.43. The molecular formula is C31H48N6O3S+2. The largest absolute Gasteiger partial charge is 0.351 e. The van der Waals surface area contributed by atoms with Gasteiger partial charge in [-0.1, -0.05) is 44.8 Å². The van der Waals surface area contributed by atoms with Crippen LogP contribution in [0.3, 0.4) is 0 Å². The molecule has 3 heterocycles. The molecule has 0 aliphatic carbocycles. The number of fused-ring (bicyclic) bond motifs is 3. The molecular weight excluding hydrogens is 536 g/mol. The monoisotopic (exact) mass is 584 g/mol. The van der Waals surface area contributed by atoms with Crippen molar-refractivity contribution in [1.82, 2.24) is 9.47 Å². The smallest absolute Gasteiger partial charge is 0.317 e. The maximum Gasteiger partial charge on any atom is 0.317 e. The molecule has 3 N–H and O–H groups in total. The summed E-state index contributed by atoms with van der Waals surface area (Å²) in [4.78, 5) is 14.4. The Bertz CT molecular complexity index is 1370. The van der Waals surface area contributed by atoms with Crippen molar-refractivity contribution in [2.24, 2.45) is 12.2 Å². The van der Waals surface area contributed by atoms with Gasteiger partial charge in [-0.25, -0.2) is 18.1 Å². The van der Waals surface area contributed by atoms with E-state index in [9.17, 15) is 13.2 Å². The van der Waals surface area contributed by atoms with Gasteiger partial charge in [-0.15, -0.1) is 0 Å². The molecule has 1 amide bonds. The second-order valence-corrected chi connectivity index (χ2v) is 13.6. The Balaban J connectivity index is 1.14. The Kier molecular flexibility index (Phi) is 9.77. The number of benzene rings is 1. The predicted molar refractivity (Wildman–Crippen MR) is 162 cm³/mol. The highest BCUT2D eigenvalue weighted by atomic mass is 32.2. The Morgan fingerprint density at radius 2 is 1.71 bits per heavy atom. The van der Waals surface area contributed by atoms with Crippen molar-refractivity contribution >= 4 is 21.6 Å². The minimum absolute atomic E-state index is 0.00183. The lowest BCUT2D eigenvalue weighted by Crippen LogP contribution is -2.61. The number of aromatic nitrogens is 2. The first-order chi connectivity index (χ1) is 19.4.